The first-order valence-electron chi connectivity index (χ1n) is 12.4. The van der Waals surface area contributed by atoms with Crippen molar-refractivity contribution in [3.63, 3.8) is 0 Å². The number of likely N-dealkylation sites (tertiary alicyclic amines) is 1. The molecule has 0 radical (unpaired) electrons. The van der Waals surface area contributed by atoms with Gasteiger partial charge < -0.3 is 19.1 Å². The minimum Gasteiger partial charge on any atom is -0.497 e. The Balaban J connectivity index is 2.08. The zero-order valence-corrected chi connectivity index (χ0v) is 21.4. The van der Waals surface area contributed by atoms with Crippen LogP contribution in [0, 0.1) is 0 Å². The van der Waals surface area contributed by atoms with E-state index in [4.69, 9.17) is 4.74 Å². The van der Waals surface area contributed by atoms with Crippen molar-refractivity contribution in [2.24, 2.45) is 0 Å². The number of methoxy groups -OCH3 is 1. The summed E-state index contributed by atoms with van der Waals surface area (Å²) in [6, 6.07) is 7.70. The van der Waals surface area contributed by atoms with E-state index in [0.29, 0.717) is 31.9 Å². The Labute approximate surface area is 208 Å². The molecular weight excluding hydrogens is 442 g/mol. The van der Waals surface area contributed by atoms with Crippen molar-refractivity contribution in [1.29, 1.82) is 0 Å². The second-order valence-electron chi connectivity index (χ2n) is 9.27. The number of carbonyl (C=O) groups excluding carboxylic acids is 2. The van der Waals surface area contributed by atoms with Gasteiger partial charge in [-0.1, -0.05) is 31.2 Å². The highest BCUT2D eigenvalue weighted by atomic mass is 16.5. The number of ether oxygens (including phenoxy) is 1. The zero-order valence-electron chi connectivity index (χ0n) is 21.4. The Morgan fingerprint density at radius 3 is 2.57 bits per heavy atom. The van der Waals surface area contributed by atoms with Gasteiger partial charge in [0.1, 0.15) is 16.9 Å². The standard InChI is InChI=1S/C28H37N3O4/c1-6-22-12-8-9-14-31(22)28(34)25-19-29(17-21-11-10-13-23(15-21)35-5)18-24(26(25)32)27(33)30(7-2)16-20(3)4/h10-11,13,15,18-19,22H,3,6-9,12,14,16-17H2,1-2,4-5H3/t22-/m0/s1. The zero-order chi connectivity index (χ0) is 25.5. The Morgan fingerprint density at radius 1 is 1.17 bits per heavy atom. The summed E-state index contributed by atoms with van der Waals surface area (Å²) in [6.07, 6.45) is 6.92. The van der Waals surface area contributed by atoms with Gasteiger partial charge in [0, 0.05) is 44.6 Å². The predicted molar refractivity (Wildman–Crippen MR) is 138 cm³/mol. The number of hydrogen-bond acceptors (Lipinski definition) is 4. The average molecular weight is 480 g/mol. The number of rotatable bonds is 9. The van der Waals surface area contributed by atoms with Crippen LogP contribution in [0.25, 0.3) is 0 Å². The van der Waals surface area contributed by atoms with Gasteiger partial charge in [0.15, 0.2) is 0 Å². The highest BCUT2D eigenvalue weighted by Gasteiger charge is 2.30. The summed E-state index contributed by atoms with van der Waals surface area (Å²) in [5.41, 5.74) is 1.30. The maximum absolute atomic E-state index is 13.6. The quantitative estimate of drug-likeness (QED) is 0.502. The highest BCUT2D eigenvalue weighted by Crippen LogP contribution is 2.22. The summed E-state index contributed by atoms with van der Waals surface area (Å²) in [6.45, 7) is 11.5. The van der Waals surface area contributed by atoms with E-state index in [1.165, 1.54) is 0 Å². The molecule has 2 heterocycles. The molecule has 0 spiro atoms. The smallest absolute Gasteiger partial charge is 0.259 e. The van der Waals surface area contributed by atoms with E-state index < -0.39 is 5.43 Å². The van der Waals surface area contributed by atoms with E-state index in [1.54, 1.807) is 29.0 Å². The van der Waals surface area contributed by atoms with Crippen LogP contribution in [0.2, 0.25) is 0 Å². The minimum absolute atomic E-state index is 0.00639. The number of piperidine rings is 1. The van der Waals surface area contributed by atoms with E-state index in [0.717, 1.165) is 36.8 Å². The first-order valence-corrected chi connectivity index (χ1v) is 12.4. The van der Waals surface area contributed by atoms with Gasteiger partial charge in [0.25, 0.3) is 11.8 Å². The molecule has 188 valence electrons. The lowest BCUT2D eigenvalue weighted by Crippen LogP contribution is -2.46. The lowest BCUT2D eigenvalue weighted by Gasteiger charge is -2.35. The van der Waals surface area contributed by atoms with Crippen LogP contribution < -0.4 is 10.2 Å². The second-order valence-corrected chi connectivity index (χ2v) is 9.27. The fourth-order valence-corrected chi connectivity index (χ4v) is 4.68. The van der Waals surface area contributed by atoms with Gasteiger partial charge in [-0.05, 0) is 57.2 Å². The Morgan fingerprint density at radius 2 is 1.91 bits per heavy atom. The van der Waals surface area contributed by atoms with Gasteiger partial charge >= 0.3 is 0 Å². The Kier molecular flexibility index (Phi) is 8.90. The van der Waals surface area contributed by atoms with Gasteiger partial charge in [0.05, 0.1) is 7.11 Å². The van der Waals surface area contributed by atoms with E-state index in [9.17, 15) is 14.4 Å². The van der Waals surface area contributed by atoms with Crippen LogP contribution in [0.15, 0.2) is 53.6 Å². The van der Waals surface area contributed by atoms with Gasteiger partial charge in [-0.15, -0.1) is 0 Å². The molecule has 3 rings (SSSR count). The Bertz CT molecular complexity index is 1140. The van der Waals surface area contributed by atoms with Crippen LogP contribution in [0.3, 0.4) is 0 Å². The number of likely N-dealkylation sites (N-methyl/N-ethyl adjacent to an activating group) is 1. The molecule has 2 amide bonds. The third-order valence-corrected chi connectivity index (χ3v) is 6.53. The lowest BCUT2D eigenvalue weighted by molar-refractivity contribution is 0.0605. The molecule has 0 unspecified atom stereocenters. The maximum atomic E-state index is 13.6. The molecule has 1 aliphatic rings. The molecule has 2 aromatic rings. The fraction of sp³-hybridized carbons (Fsp3) is 0.464. The third kappa shape index (κ3) is 6.21. The van der Waals surface area contributed by atoms with Crippen LogP contribution >= 0.6 is 0 Å². The van der Waals surface area contributed by atoms with Crippen LogP contribution in [-0.2, 0) is 6.54 Å². The summed E-state index contributed by atoms with van der Waals surface area (Å²) in [7, 11) is 1.61. The molecule has 0 N–H and O–H groups in total. The summed E-state index contributed by atoms with van der Waals surface area (Å²) in [4.78, 5) is 44.0. The Hall–Kier alpha value is -3.35. The van der Waals surface area contributed by atoms with E-state index in [2.05, 4.69) is 13.5 Å². The van der Waals surface area contributed by atoms with Crippen molar-refractivity contribution < 1.29 is 14.3 Å². The SMILES string of the molecule is C=C(C)CN(CC)C(=O)c1cn(Cc2cccc(OC)c2)cc(C(=O)N2CCCC[C@@H]2CC)c1=O. The number of carbonyl (C=O) groups is 2. The summed E-state index contributed by atoms with van der Waals surface area (Å²) in [5.74, 6) is 0.0348. The third-order valence-electron chi connectivity index (χ3n) is 6.53. The predicted octanol–water partition coefficient (Wildman–Crippen LogP) is 4.35. The van der Waals surface area contributed by atoms with Crippen molar-refractivity contribution in [3.8, 4) is 5.75 Å². The van der Waals surface area contributed by atoms with Crippen molar-refractivity contribution in [2.45, 2.75) is 59.0 Å². The van der Waals surface area contributed by atoms with E-state index >= 15 is 0 Å². The molecule has 1 saturated heterocycles. The van der Waals surface area contributed by atoms with Crippen LogP contribution in [0.5, 0.6) is 5.75 Å². The highest BCUT2D eigenvalue weighted by molar-refractivity contribution is 5.99. The van der Waals surface area contributed by atoms with Gasteiger partial charge in [-0.2, -0.15) is 0 Å². The first-order chi connectivity index (χ1) is 16.8. The molecule has 1 atom stereocenters. The average Bonchev–Trinajstić information content (AvgIpc) is 2.87. The number of pyridine rings is 1. The van der Waals surface area contributed by atoms with Crippen molar-refractivity contribution >= 4 is 11.8 Å². The first kappa shape index (κ1) is 26.3. The summed E-state index contributed by atoms with van der Waals surface area (Å²) < 4.78 is 7.09. The van der Waals surface area contributed by atoms with Crippen LogP contribution in [0.1, 0.15) is 72.7 Å². The number of benzene rings is 1. The number of nitrogens with zero attached hydrogens (tertiary/aromatic N) is 3. The van der Waals surface area contributed by atoms with Gasteiger partial charge in [0.2, 0.25) is 5.43 Å². The summed E-state index contributed by atoms with van der Waals surface area (Å²) >= 11 is 0. The molecule has 0 aliphatic carbocycles. The van der Waals surface area contributed by atoms with Crippen LogP contribution in [-0.4, -0.2) is 59.0 Å². The molecule has 1 fully saturated rings. The molecule has 1 aromatic carbocycles. The molecule has 1 aliphatic heterocycles. The maximum Gasteiger partial charge on any atom is 0.259 e. The molecule has 35 heavy (non-hydrogen) atoms. The van der Waals surface area contributed by atoms with Gasteiger partial charge in [-0.3, -0.25) is 14.4 Å². The summed E-state index contributed by atoms with van der Waals surface area (Å²) in [5, 5.41) is 0. The second kappa shape index (κ2) is 11.9. The van der Waals surface area contributed by atoms with E-state index in [1.807, 2.05) is 43.0 Å². The number of hydrogen-bond donors (Lipinski definition) is 0. The molecule has 1 aromatic heterocycles. The van der Waals surface area contributed by atoms with E-state index in [-0.39, 0.29) is 29.0 Å². The minimum atomic E-state index is -0.512. The van der Waals surface area contributed by atoms with Gasteiger partial charge in [-0.25, -0.2) is 0 Å². The molecule has 0 saturated carbocycles. The number of amides is 2. The molecule has 7 heteroatoms. The van der Waals surface area contributed by atoms with Crippen molar-refractivity contribution in [3.05, 3.63) is 75.7 Å². The van der Waals surface area contributed by atoms with Crippen molar-refractivity contribution in [2.75, 3.05) is 26.7 Å². The molecule has 0 bridgehead atoms. The van der Waals surface area contributed by atoms with Crippen molar-refractivity contribution in [1.82, 2.24) is 14.4 Å². The monoisotopic (exact) mass is 479 g/mol. The fourth-order valence-electron chi connectivity index (χ4n) is 4.68. The molecular formula is C28H37N3O4. The normalized spacial score (nSPS) is 15.5. The van der Waals surface area contributed by atoms with Crippen LogP contribution in [0.4, 0.5) is 0 Å². The lowest BCUT2D eigenvalue weighted by atomic mass is 9.98. The largest absolute Gasteiger partial charge is 0.497 e. The number of aromatic nitrogens is 1. The topological polar surface area (TPSA) is 71.8 Å². The molecule has 7 nitrogen and oxygen atoms in total.